The van der Waals surface area contributed by atoms with E-state index in [1.54, 1.807) is 54.6 Å². The quantitative estimate of drug-likeness (QED) is 0.0893. The van der Waals surface area contributed by atoms with Gasteiger partial charge in [-0.2, -0.15) is 47.9 Å². The fourth-order valence-electron chi connectivity index (χ4n) is 4.22. The Morgan fingerprint density at radius 3 is 1.32 bits per heavy atom. The SMILES string of the molecule is O=S(=O)(OPCCCC(c1ccccc1)(c1ccccc1)c1ccccc1)C(F)(F)C(F)(F)C(F)(F)C(F)(F)F. The van der Waals surface area contributed by atoms with Crippen molar-refractivity contribution in [2.75, 3.05) is 6.16 Å². The van der Waals surface area contributed by atoms with E-state index in [1.165, 1.54) is 0 Å². The molecule has 0 spiro atoms. The van der Waals surface area contributed by atoms with Gasteiger partial charge in [-0.15, -0.1) is 0 Å². The Balaban J connectivity index is 1.84. The molecule has 0 aromatic heterocycles. The lowest BCUT2D eigenvalue weighted by Gasteiger charge is -2.36. The summed E-state index contributed by atoms with van der Waals surface area (Å²) in [6.07, 6.45) is -7.16. The van der Waals surface area contributed by atoms with E-state index < -0.39 is 47.6 Å². The molecule has 0 aliphatic rings. The molecule has 3 aromatic rings. The predicted octanol–water partition coefficient (Wildman–Crippen LogP) is 8.17. The Morgan fingerprint density at radius 2 is 0.975 bits per heavy atom. The van der Waals surface area contributed by atoms with Crippen LogP contribution in [0.5, 0.6) is 0 Å². The van der Waals surface area contributed by atoms with E-state index in [9.17, 15) is 47.9 Å². The van der Waals surface area contributed by atoms with Gasteiger partial charge in [-0.3, -0.25) is 0 Å². The van der Waals surface area contributed by atoms with E-state index in [0.29, 0.717) is 0 Å². The van der Waals surface area contributed by atoms with Crippen molar-refractivity contribution in [2.45, 2.75) is 41.5 Å². The van der Waals surface area contributed by atoms with Gasteiger partial charge >= 0.3 is 33.4 Å². The summed E-state index contributed by atoms with van der Waals surface area (Å²) in [5.74, 6) is -14.7. The zero-order valence-corrected chi connectivity index (χ0v) is 22.1. The Bertz CT molecular complexity index is 1260. The van der Waals surface area contributed by atoms with E-state index in [2.05, 4.69) is 3.97 Å². The second kappa shape index (κ2) is 11.7. The predicted molar refractivity (Wildman–Crippen MR) is 133 cm³/mol. The van der Waals surface area contributed by atoms with Crippen LogP contribution in [0.3, 0.4) is 0 Å². The summed E-state index contributed by atoms with van der Waals surface area (Å²) in [6, 6.07) is 27.3. The van der Waals surface area contributed by atoms with Crippen molar-refractivity contribution in [1.29, 1.82) is 0 Å². The fourth-order valence-corrected chi connectivity index (χ4v) is 6.35. The minimum atomic E-state index is -7.34. The number of hydrogen-bond acceptors (Lipinski definition) is 3. The Kier molecular flexibility index (Phi) is 9.33. The molecule has 3 nitrogen and oxygen atoms in total. The number of alkyl halides is 9. The molecular formula is C26H22F9O3PS. The van der Waals surface area contributed by atoms with Crippen molar-refractivity contribution in [1.82, 2.24) is 0 Å². The minimum Gasteiger partial charge on any atom is -0.246 e. The van der Waals surface area contributed by atoms with Gasteiger partial charge in [0.1, 0.15) is 0 Å². The molecule has 0 saturated carbocycles. The van der Waals surface area contributed by atoms with E-state index in [0.717, 1.165) is 16.7 Å². The molecule has 0 aliphatic carbocycles. The third-order valence-corrected chi connectivity index (χ3v) is 9.02. The van der Waals surface area contributed by atoms with Crippen molar-refractivity contribution in [3.05, 3.63) is 108 Å². The second-order valence-corrected chi connectivity index (χ2v) is 11.6. The first-order valence-corrected chi connectivity index (χ1v) is 14.1. The van der Waals surface area contributed by atoms with Crippen LogP contribution in [0.25, 0.3) is 0 Å². The molecule has 0 radical (unpaired) electrons. The maximum absolute atomic E-state index is 13.9. The Morgan fingerprint density at radius 1 is 0.600 bits per heavy atom. The summed E-state index contributed by atoms with van der Waals surface area (Å²) in [4.78, 5) is 0. The molecule has 14 heteroatoms. The number of halogens is 9. The van der Waals surface area contributed by atoms with Crippen molar-refractivity contribution >= 4 is 18.9 Å². The summed E-state index contributed by atoms with van der Waals surface area (Å²) in [7, 11) is -8.35. The number of rotatable bonds is 12. The molecule has 40 heavy (non-hydrogen) atoms. The normalized spacial score (nSPS) is 14.1. The van der Waals surface area contributed by atoms with Crippen LogP contribution >= 0.6 is 8.81 Å². The van der Waals surface area contributed by atoms with Crippen LogP contribution in [-0.4, -0.2) is 37.9 Å². The molecule has 0 heterocycles. The molecule has 3 aromatic carbocycles. The average molecular weight is 616 g/mol. The van der Waals surface area contributed by atoms with Gasteiger partial charge in [0, 0.05) is 14.2 Å². The highest BCUT2D eigenvalue weighted by Crippen LogP contribution is 2.55. The molecular weight excluding hydrogens is 594 g/mol. The smallest absolute Gasteiger partial charge is 0.246 e. The zero-order chi connectivity index (χ0) is 29.9. The van der Waals surface area contributed by atoms with E-state index in [1.807, 2.05) is 36.4 Å². The van der Waals surface area contributed by atoms with Crippen LogP contribution in [0.4, 0.5) is 39.5 Å². The van der Waals surface area contributed by atoms with Gasteiger partial charge in [0.15, 0.2) is 0 Å². The Hall–Kier alpha value is -2.63. The van der Waals surface area contributed by atoms with Crippen LogP contribution in [0.1, 0.15) is 29.5 Å². The van der Waals surface area contributed by atoms with E-state index in [4.69, 9.17) is 0 Å². The molecule has 3 rings (SSSR count). The molecule has 0 bridgehead atoms. The fraction of sp³-hybridized carbons (Fsp3) is 0.308. The average Bonchev–Trinajstić information content (AvgIpc) is 2.91. The molecule has 1 unspecified atom stereocenters. The largest absolute Gasteiger partial charge is 0.460 e. The van der Waals surface area contributed by atoms with Gasteiger partial charge in [0.25, 0.3) is 0 Å². The minimum absolute atomic E-state index is 0.0628. The summed E-state index contributed by atoms with van der Waals surface area (Å²) in [5.41, 5.74) is 1.64. The van der Waals surface area contributed by atoms with Crippen LogP contribution < -0.4 is 0 Å². The first kappa shape index (κ1) is 31.9. The summed E-state index contributed by atoms with van der Waals surface area (Å²) < 4.78 is 146. The first-order valence-electron chi connectivity index (χ1n) is 11.5. The molecule has 0 fully saturated rings. The van der Waals surface area contributed by atoms with E-state index >= 15 is 0 Å². The molecule has 0 N–H and O–H groups in total. The highest BCUT2D eigenvalue weighted by Gasteiger charge is 2.85. The van der Waals surface area contributed by atoms with Crippen LogP contribution in [0.15, 0.2) is 91.0 Å². The molecule has 0 saturated heterocycles. The summed E-state index contributed by atoms with van der Waals surface area (Å²) >= 11 is 0. The second-order valence-electron chi connectivity index (χ2n) is 8.70. The van der Waals surface area contributed by atoms with Gasteiger partial charge in [0.05, 0.1) is 0 Å². The van der Waals surface area contributed by atoms with Crippen molar-refractivity contribution in [3.63, 3.8) is 0 Å². The lowest BCUT2D eigenvalue weighted by Crippen LogP contribution is -2.63. The number of benzene rings is 3. The van der Waals surface area contributed by atoms with Crippen LogP contribution in [-0.2, 0) is 19.5 Å². The lowest BCUT2D eigenvalue weighted by atomic mass is 9.67. The van der Waals surface area contributed by atoms with Gasteiger partial charge in [-0.05, 0) is 35.7 Å². The molecule has 0 aliphatic heterocycles. The topological polar surface area (TPSA) is 43.4 Å². The zero-order valence-electron chi connectivity index (χ0n) is 20.3. The molecule has 218 valence electrons. The van der Waals surface area contributed by atoms with Crippen LogP contribution in [0.2, 0.25) is 0 Å². The third kappa shape index (κ3) is 5.73. The maximum atomic E-state index is 13.9. The monoisotopic (exact) mass is 616 g/mol. The van der Waals surface area contributed by atoms with Crippen molar-refractivity contribution in [3.8, 4) is 0 Å². The van der Waals surface area contributed by atoms with E-state index in [-0.39, 0.29) is 19.0 Å². The third-order valence-electron chi connectivity index (χ3n) is 6.23. The van der Waals surface area contributed by atoms with Gasteiger partial charge in [-0.1, -0.05) is 91.0 Å². The van der Waals surface area contributed by atoms with Gasteiger partial charge in [0.2, 0.25) is 0 Å². The van der Waals surface area contributed by atoms with Crippen molar-refractivity contribution < 1.29 is 51.9 Å². The Labute approximate surface area is 226 Å². The summed E-state index contributed by atoms with van der Waals surface area (Å²) in [5, 5.41) is -6.87. The lowest BCUT2D eigenvalue weighted by molar-refractivity contribution is -0.382. The maximum Gasteiger partial charge on any atom is 0.460 e. The number of hydrogen-bond donors (Lipinski definition) is 0. The molecule has 1 atom stereocenters. The van der Waals surface area contributed by atoms with Crippen molar-refractivity contribution in [2.24, 2.45) is 0 Å². The molecule has 0 amide bonds. The first-order chi connectivity index (χ1) is 18.5. The summed E-state index contributed by atoms with van der Waals surface area (Å²) in [6.45, 7) is 0. The highest BCUT2D eigenvalue weighted by molar-refractivity contribution is 7.90. The van der Waals surface area contributed by atoms with Crippen LogP contribution in [0, 0.1) is 0 Å². The van der Waals surface area contributed by atoms with Gasteiger partial charge < -0.3 is 0 Å². The van der Waals surface area contributed by atoms with Gasteiger partial charge in [-0.25, -0.2) is 3.97 Å². The highest BCUT2D eigenvalue weighted by atomic mass is 32.2. The standard InChI is InChI=1S/C26H22F9O3PS/c27-23(28,25(31,32)33)24(29,30)26(34,35)40(36,37)38-39-18-10-17-22(19-11-4-1-5-12-19,20-13-6-2-7-14-20)21-15-8-3-9-16-21/h1-9,11-16,39H,10,17-18H2.